The number of non-ortho nitro benzene ring substituents is 1. The summed E-state index contributed by atoms with van der Waals surface area (Å²) in [5, 5.41) is 10.9. The van der Waals surface area contributed by atoms with Gasteiger partial charge in [0, 0.05) is 24.7 Å². The summed E-state index contributed by atoms with van der Waals surface area (Å²) < 4.78 is 5.21. The second kappa shape index (κ2) is 6.79. The third-order valence-corrected chi connectivity index (χ3v) is 4.37. The van der Waals surface area contributed by atoms with E-state index < -0.39 is 0 Å². The second-order valence-corrected chi connectivity index (χ2v) is 5.83. The van der Waals surface area contributed by atoms with Crippen molar-refractivity contribution in [3.8, 4) is 5.75 Å². The summed E-state index contributed by atoms with van der Waals surface area (Å²) >= 11 is 0. The fraction of sp³-hybridized carbons (Fsp3) is 0.333. The van der Waals surface area contributed by atoms with E-state index in [1.165, 1.54) is 11.6 Å². The minimum atomic E-state index is -0.339. The lowest BCUT2D eigenvalue weighted by Gasteiger charge is -2.25. The van der Waals surface area contributed by atoms with Crippen LogP contribution in [0.25, 0.3) is 0 Å². The van der Waals surface area contributed by atoms with E-state index in [0.717, 1.165) is 37.2 Å². The van der Waals surface area contributed by atoms with Gasteiger partial charge in [-0.3, -0.25) is 15.0 Å². The van der Waals surface area contributed by atoms with Crippen molar-refractivity contribution in [2.75, 3.05) is 13.7 Å². The second-order valence-electron chi connectivity index (χ2n) is 5.83. The average Bonchev–Trinajstić information content (AvgIpc) is 3.03. The van der Waals surface area contributed by atoms with Gasteiger partial charge >= 0.3 is 0 Å². The number of nitrogens with zero attached hydrogens (tertiary/aromatic N) is 2. The van der Waals surface area contributed by atoms with Crippen LogP contribution in [0.4, 0.5) is 5.69 Å². The van der Waals surface area contributed by atoms with Gasteiger partial charge in [-0.15, -0.1) is 0 Å². The van der Waals surface area contributed by atoms with E-state index in [2.05, 4.69) is 17.0 Å². The van der Waals surface area contributed by atoms with Gasteiger partial charge in [0.2, 0.25) is 0 Å². The summed E-state index contributed by atoms with van der Waals surface area (Å²) in [6, 6.07) is 15.5. The van der Waals surface area contributed by atoms with Crippen molar-refractivity contribution in [3.05, 3.63) is 69.8 Å². The number of benzene rings is 2. The van der Waals surface area contributed by atoms with Gasteiger partial charge < -0.3 is 4.74 Å². The molecule has 5 nitrogen and oxygen atoms in total. The lowest BCUT2D eigenvalue weighted by atomic mass is 10.0. The molecule has 2 aromatic carbocycles. The molecule has 0 amide bonds. The Morgan fingerprint density at radius 1 is 1.26 bits per heavy atom. The first-order chi connectivity index (χ1) is 11.2. The summed E-state index contributed by atoms with van der Waals surface area (Å²) in [7, 11) is 1.67. The molecule has 3 rings (SSSR count). The van der Waals surface area contributed by atoms with Crippen LogP contribution in [0.2, 0.25) is 0 Å². The first-order valence-corrected chi connectivity index (χ1v) is 7.78. The predicted molar refractivity (Wildman–Crippen MR) is 88.5 cm³/mol. The molecule has 0 spiro atoms. The van der Waals surface area contributed by atoms with Crippen LogP contribution in [0.3, 0.4) is 0 Å². The fourth-order valence-electron chi connectivity index (χ4n) is 3.22. The minimum absolute atomic E-state index is 0.155. The van der Waals surface area contributed by atoms with Crippen molar-refractivity contribution in [2.45, 2.75) is 25.4 Å². The van der Waals surface area contributed by atoms with Crippen LogP contribution in [0, 0.1) is 10.1 Å². The Kier molecular flexibility index (Phi) is 4.57. The molecule has 0 aliphatic carbocycles. The molecular weight excluding hydrogens is 292 g/mol. The van der Waals surface area contributed by atoms with Gasteiger partial charge in [-0.2, -0.15) is 0 Å². The number of nitro benzene ring substituents is 1. The van der Waals surface area contributed by atoms with Crippen molar-refractivity contribution >= 4 is 5.69 Å². The molecule has 120 valence electrons. The molecule has 0 bridgehead atoms. The highest BCUT2D eigenvalue weighted by Crippen LogP contribution is 2.34. The van der Waals surface area contributed by atoms with E-state index in [1.54, 1.807) is 19.2 Å². The van der Waals surface area contributed by atoms with Crippen LogP contribution >= 0.6 is 0 Å². The van der Waals surface area contributed by atoms with Crippen molar-refractivity contribution in [1.82, 2.24) is 4.90 Å². The molecule has 0 N–H and O–H groups in total. The lowest BCUT2D eigenvalue weighted by molar-refractivity contribution is -0.384. The van der Waals surface area contributed by atoms with Crippen LogP contribution in [0.5, 0.6) is 5.75 Å². The molecule has 0 radical (unpaired) electrons. The van der Waals surface area contributed by atoms with E-state index in [0.29, 0.717) is 6.04 Å². The highest BCUT2D eigenvalue weighted by molar-refractivity contribution is 5.35. The monoisotopic (exact) mass is 312 g/mol. The molecule has 1 saturated heterocycles. The zero-order chi connectivity index (χ0) is 16.2. The Hall–Kier alpha value is -2.40. The molecule has 5 heteroatoms. The maximum atomic E-state index is 10.9. The van der Waals surface area contributed by atoms with E-state index >= 15 is 0 Å². The smallest absolute Gasteiger partial charge is 0.269 e. The summed E-state index contributed by atoms with van der Waals surface area (Å²) in [6.07, 6.45) is 2.26. The van der Waals surface area contributed by atoms with Gasteiger partial charge in [0.15, 0.2) is 0 Å². The molecule has 0 saturated carbocycles. The highest BCUT2D eigenvalue weighted by atomic mass is 16.6. The van der Waals surface area contributed by atoms with Gasteiger partial charge in [-0.05, 0) is 42.6 Å². The van der Waals surface area contributed by atoms with Crippen molar-refractivity contribution < 1.29 is 9.66 Å². The Bertz CT molecular complexity index is 685. The topological polar surface area (TPSA) is 55.6 Å². The van der Waals surface area contributed by atoms with Crippen LogP contribution in [0.15, 0.2) is 48.5 Å². The third kappa shape index (κ3) is 3.51. The van der Waals surface area contributed by atoms with Crippen LogP contribution in [-0.4, -0.2) is 23.5 Å². The van der Waals surface area contributed by atoms with E-state index in [4.69, 9.17) is 4.74 Å². The molecule has 2 aromatic rings. The number of likely N-dealkylation sites (tertiary alicyclic amines) is 1. The fourth-order valence-corrected chi connectivity index (χ4v) is 3.22. The number of rotatable bonds is 5. The average molecular weight is 312 g/mol. The summed E-state index contributed by atoms with van der Waals surface area (Å²) in [4.78, 5) is 13.0. The zero-order valence-corrected chi connectivity index (χ0v) is 13.1. The molecule has 0 unspecified atom stereocenters. The van der Waals surface area contributed by atoms with E-state index in [1.807, 2.05) is 18.2 Å². The van der Waals surface area contributed by atoms with Gasteiger partial charge in [0.25, 0.3) is 5.69 Å². The van der Waals surface area contributed by atoms with Crippen molar-refractivity contribution in [3.63, 3.8) is 0 Å². The van der Waals surface area contributed by atoms with Crippen LogP contribution < -0.4 is 4.74 Å². The van der Waals surface area contributed by atoms with E-state index in [9.17, 15) is 10.1 Å². The Morgan fingerprint density at radius 2 is 2.04 bits per heavy atom. The number of methoxy groups -OCH3 is 1. The number of hydrogen-bond acceptors (Lipinski definition) is 4. The summed E-state index contributed by atoms with van der Waals surface area (Å²) in [5.41, 5.74) is 2.41. The van der Waals surface area contributed by atoms with Crippen molar-refractivity contribution in [1.29, 1.82) is 0 Å². The van der Waals surface area contributed by atoms with Crippen molar-refractivity contribution in [2.24, 2.45) is 0 Å². The van der Waals surface area contributed by atoms with Crippen LogP contribution in [0.1, 0.15) is 30.0 Å². The maximum Gasteiger partial charge on any atom is 0.269 e. The first kappa shape index (κ1) is 15.5. The molecular formula is C18H20N2O3. The van der Waals surface area contributed by atoms with Gasteiger partial charge in [-0.25, -0.2) is 0 Å². The highest BCUT2D eigenvalue weighted by Gasteiger charge is 2.26. The maximum absolute atomic E-state index is 10.9. The SMILES string of the molecule is COc1ccc([C@@H]2CCCN2Cc2cccc([N+](=O)[O-])c2)cc1. The van der Waals surface area contributed by atoms with Gasteiger partial charge in [0.05, 0.1) is 12.0 Å². The first-order valence-electron chi connectivity index (χ1n) is 7.78. The molecule has 0 aromatic heterocycles. The van der Waals surface area contributed by atoms with Gasteiger partial charge in [-0.1, -0.05) is 24.3 Å². The molecule has 1 fully saturated rings. The Balaban J connectivity index is 1.76. The largest absolute Gasteiger partial charge is 0.497 e. The quantitative estimate of drug-likeness (QED) is 0.620. The molecule has 1 aliphatic heterocycles. The molecule has 1 aliphatic rings. The van der Waals surface area contributed by atoms with Gasteiger partial charge in [0.1, 0.15) is 5.75 Å². The Labute approximate surface area is 135 Å². The molecule has 1 atom stereocenters. The van der Waals surface area contributed by atoms with Crippen LogP contribution in [-0.2, 0) is 6.54 Å². The molecule has 1 heterocycles. The zero-order valence-electron chi connectivity index (χ0n) is 13.1. The summed E-state index contributed by atoms with van der Waals surface area (Å²) in [6.45, 7) is 1.75. The third-order valence-electron chi connectivity index (χ3n) is 4.37. The predicted octanol–water partition coefficient (Wildman–Crippen LogP) is 3.94. The lowest BCUT2D eigenvalue weighted by Crippen LogP contribution is -2.22. The summed E-state index contributed by atoms with van der Waals surface area (Å²) in [5.74, 6) is 0.858. The number of hydrogen-bond donors (Lipinski definition) is 0. The normalized spacial score (nSPS) is 18.0. The van der Waals surface area contributed by atoms with E-state index in [-0.39, 0.29) is 10.6 Å². The Morgan fingerprint density at radius 3 is 2.74 bits per heavy atom. The minimum Gasteiger partial charge on any atom is -0.497 e. The standard InChI is InChI=1S/C18H20N2O3/c1-23-17-9-7-15(8-10-17)18-6-3-11-19(18)13-14-4-2-5-16(12-14)20(21)22/h2,4-5,7-10,12,18H,3,6,11,13H2,1H3/t18-/m0/s1. The number of nitro groups is 1. The molecule has 23 heavy (non-hydrogen) atoms. The number of ether oxygens (including phenoxy) is 1.